The van der Waals surface area contributed by atoms with Crippen LogP contribution in [0.4, 0.5) is 0 Å². The minimum Gasteiger partial charge on any atom is -0.478 e. The third kappa shape index (κ3) is 2.80. The van der Waals surface area contributed by atoms with Gasteiger partial charge in [-0.2, -0.15) is 0 Å². The van der Waals surface area contributed by atoms with Gasteiger partial charge in [-0.05, 0) is 23.3 Å². The van der Waals surface area contributed by atoms with Gasteiger partial charge in [0.2, 0.25) is 0 Å². The Morgan fingerprint density at radius 1 is 0.833 bits per heavy atom. The lowest BCUT2D eigenvalue weighted by atomic mass is 9.80. The maximum atomic E-state index is 11.6. The van der Waals surface area contributed by atoms with Gasteiger partial charge in [0.25, 0.3) is 0 Å². The maximum Gasteiger partial charge on any atom is 0.335 e. The Bertz CT molecular complexity index is 821. The first kappa shape index (κ1) is 16.2. The van der Waals surface area contributed by atoms with Crippen LogP contribution in [-0.2, 0) is 5.60 Å². The van der Waals surface area contributed by atoms with E-state index in [4.69, 9.17) is 16.7 Å². The highest BCUT2D eigenvalue weighted by Gasteiger charge is 2.35. The van der Waals surface area contributed by atoms with Crippen LogP contribution in [0.15, 0.2) is 78.9 Å². The molecular weight excluding hydrogens is 324 g/mol. The molecule has 0 bridgehead atoms. The molecule has 0 radical (unpaired) electrons. The second-order valence-electron chi connectivity index (χ2n) is 5.44. The zero-order valence-corrected chi connectivity index (χ0v) is 13.4. The predicted octanol–water partition coefficient (Wildman–Crippen LogP) is 4.32. The third-order valence-corrected chi connectivity index (χ3v) is 4.30. The van der Waals surface area contributed by atoms with Crippen LogP contribution in [-0.4, -0.2) is 16.2 Å². The summed E-state index contributed by atoms with van der Waals surface area (Å²) in [5, 5.41) is 20.9. The van der Waals surface area contributed by atoms with E-state index in [1.54, 1.807) is 6.07 Å². The van der Waals surface area contributed by atoms with Gasteiger partial charge in [0.1, 0.15) is 5.60 Å². The lowest BCUT2D eigenvalue weighted by Gasteiger charge is -2.31. The summed E-state index contributed by atoms with van der Waals surface area (Å²) >= 11 is 6.33. The van der Waals surface area contributed by atoms with Gasteiger partial charge in [0, 0.05) is 10.6 Å². The monoisotopic (exact) mass is 338 g/mol. The Kier molecular flexibility index (Phi) is 4.38. The molecule has 2 N–H and O–H groups in total. The van der Waals surface area contributed by atoms with Crippen LogP contribution in [0.3, 0.4) is 0 Å². The van der Waals surface area contributed by atoms with E-state index < -0.39 is 11.6 Å². The first-order valence-electron chi connectivity index (χ1n) is 7.40. The number of carbonyl (C=O) groups is 1. The van der Waals surface area contributed by atoms with Crippen molar-refractivity contribution >= 4 is 17.6 Å². The van der Waals surface area contributed by atoms with Gasteiger partial charge in [-0.3, -0.25) is 0 Å². The number of aliphatic hydroxyl groups is 1. The Morgan fingerprint density at radius 3 is 1.75 bits per heavy atom. The van der Waals surface area contributed by atoms with E-state index in [-0.39, 0.29) is 10.6 Å². The van der Waals surface area contributed by atoms with Gasteiger partial charge < -0.3 is 10.2 Å². The molecule has 0 aliphatic heterocycles. The number of halogens is 1. The molecule has 0 saturated heterocycles. The van der Waals surface area contributed by atoms with Crippen LogP contribution >= 0.6 is 11.6 Å². The topological polar surface area (TPSA) is 57.5 Å². The molecular formula is C20H15ClO3. The van der Waals surface area contributed by atoms with E-state index >= 15 is 0 Å². The number of rotatable bonds is 4. The van der Waals surface area contributed by atoms with E-state index in [1.807, 2.05) is 60.7 Å². The Morgan fingerprint density at radius 2 is 1.33 bits per heavy atom. The number of carboxylic acid groups (broad SMARTS) is 1. The number of benzene rings is 3. The smallest absolute Gasteiger partial charge is 0.335 e. The molecule has 3 nitrogen and oxygen atoms in total. The highest BCUT2D eigenvalue weighted by molar-refractivity contribution is 6.31. The fourth-order valence-corrected chi connectivity index (χ4v) is 3.10. The lowest BCUT2D eigenvalue weighted by Crippen LogP contribution is -2.29. The van der Waals surface area contributed by atoms with E-state index in [0.29, 0.717) is 16.7 Å². The molecule has 0 amide bonds. The normalized spacial score (nSPS) is 11.2. The molecule has 0 aliphatic rings. The fraction of sp³-hybridized carbons (Fsp3) is 0.0500. The van der Waals surface area contributed by atoms with Gasteiger partial charge in [0.15, 0.2) is 0 Å². The lowest BCUT2D eigenvalue weighted by molar-refractivity contribution is 0.0696. The van der Waals surface area contributed by atoms with Gasteiger partial charge in [-0.25, -0.2) is 4.79 Å². The van der Waals surface area contributed by atoms with Crippen molar-refractivity contribution in [1.29, 1.82) is 0 Å². The number of hydrogen-bond donors (Lipinski definition) is 2. The molecule has 3 rings (SSSR count). The quantitative estimate of drug-likeness (QED) is 0.696. The molecule has 24 heavy (non-hydrogen) atoms. The molecule has 0 spiro atoms. The van der Waals surface area contributed by atoms with Crippen LogP contribution < -0.4 is 0 Å². The van der Waals surface area contributed by atoms with Crippen LogP contribution in [0.1, 0.15) is 27.0 Å². The molecule has 0 aliphatic carbocycles. The largest absolute Gasteiger partial charge is 0.478 e. The second-order valence-corrected chi connectivity index (χ2v) is 5.85. The summed E-state index contributed by atoms with van der Waals surface area (Å²) in [5.41, 5.74) is 0.345. The van der Waals surface area contributed by atoms with E-state index in [0.717, 1.165) is 0 Å². The van der Waals surface area contributed by atoms with Crippen LogP contribution in [0, 0.1) is 0 Å². The summed E-state index contributed by atoms with van der Waals surface area (Å²) in [6.45, 7) is 0. The van der Waals surface area contributed by atoms with Crippen LogP contribution in [0.5, 0.6) is 0 Å². The maximum absolute atomic E-state index is 11.6. The van der Waals surface area contributed by atoms with Crippen molar-refractivity contribution in [1.82, 2.24) is 0 Å². The van der Waals surface area contributed by atoms with Crippen molar-refractivity contribution in [2.75, 3.05) is 0 Å². The highest BCUT2D eigenvalue weighted by Crippen LogP contribution is 2.40. The molecule has 0 fully saturated rings. The van der Waals surface area contributed by atoms with Crippen LogP contribution in [0.25, 0.3) is 0 Å². The van der Waals surface area contributed by atoms with Crippen molar-refractivity contribution in [3.05, 3.63) is 106 Å². The van der Waals surface area contributed by atoms with E-state index in [2.05, 4.69) is 0 Å². The molecule has 0 atom stereocenters. The molecule has 3 aromatic rings. The zero-order chi connectivity index (χ0) is 17.2. The van der Waals surface area contributed by atoms with Crippen molar-refractivity contribution < 1.29 is 15.0 Å². The molecule has 0 unspecified atom stereocenters. The average molecular weight is 339 g/mol. The van der Waals surface area contributed by atoms with E-state index in [1.165, 1.54) is 12.1 Å². The second kappa shape index (κ2) is 6.48. The Hall–Kier alpha value is -2.62. The molecule has 0 aromatic heterocycles. The summed E-state index contributed by atoms with van der Waals surface area (Å²) in [4.78, 5) is 11.1. The van der Waals surface area contributed by atoms with Gasteiger partial charge in [-0.1, -0.05) is 78.3 Å². The highest BCUT2D eigenvalue weighted by atomic mass is 35.5. The minimum atomic E-state index is -1.48. The summed E-state index contributed by atoms with van der Waals surface area (Å²) in [6.07, 6.45) is 0. The van der Waals surface area contributed by atoms with Crippen molar-refractivity contribution in [2.45, 2.75) is 5.60 Å². The predicted molar refractivity (Wildman–Crippen MR) is 93.4 cm³/mol. The average Bonchev–Trinajstić information content (AvgIpc) is 2.62. The zero-order valence-electron chi connectivity index (χ0n) is 12.7. The molecule has 3 aromatic carbocycles. The summed E-state index contributed by atoms with van der Waals surface area (Å²) < 4.78 is 0. The number of carboxylic acids is 1. The summed E-state index contributed by atoms with van der Waals surface area (Å²) in [7, 11) is 0. The van der Waals surface area contributed by atoms with Crippen molar-refractivity contribution in [2.24, 2.45) is 0 Å². The third-order valence-electron chi connectivity index (χ3n) is 3.99. The molecule has 0 saturated carbocycles. The molecule has 4 heteroatoms. The van der Waals surface area contributed by atoms with Crippen LogP contribution in [0.2, 0.25) is 5.02 Å². The first-order valence-corrected chi connectivity index (χ1v) is 7.78. The summed E-state index contributed by atoms with van der Waals surface area (Å²) in [5.74, 6) is -1.06. The Labute approximate surface area is 144 Å². The molecule has 120 valence electrons. The van der Waals surface area contributed by atoms with Crippen molar-refractivity contribution in [3.8, 4) is 0 Å². The van der Waals surface area contributed by atoms with Crippen molar-refractivity contribution in [3.63, 3.8) is 0 Å². The Balaban J connectivity index is 2.25. The van der Waals surface area contributed by atoms with Gasteiger partial charge in [-0.15, -0.1) is 0 Å². The first-order chi connectivity index (χ1) is 11.5. The summed E-state index contributed by atoms with van der Waals surface area (Å²) in [6, 6.07) is 22.7. The SMILES string of the molecule is O=C(O)c1ccc(C(O)(c2ccccc2)c2ccccc2)c(Cl)c1. The molecule has 0 heterocycles. The van der Waals surface area contributed by atoms with Gasteiger partial charge in [0.05, 0.1) is 5.56 Å². The number of hydrogen-bond acceptors (Lipinski definition) is 2. The standard InChI is InChI=1S/C20H15ClO3/c21-18-13-14(19(22)23)11-12-17(18)20(24,15-7-3-1-4-8-15)16-9-5-2-6-10-16/h1-13,24H,(H,22,23). The minimum absolute atomic E-state index is 0.0761. The van der Waals surface area contributed by atoms with E-state index in [9.17, 15) is 9.90 Å². The van der Waals surface area contributed by atoms with Gasteiger partial charge >= 0.3 is 5.97 Å². The number of aromatic carboxylic acids is 1. The fourth-order valence-electron chi connectivity index (χ4n) is 2.78.